The highest BCUT2D eigenvalue weighted by molar-refractivity contribution is 5.79. The standard InChI is InChI=1S/C18H27N5O/c1-6-24-17-8-7-15(9-14(17)2)10-20-18(19-3)22(4)12-16-11-21-23(5)13-16/h7-9,11,13H,6,10,12H2,1-5H3,(H,19,20). The molecule has 0 unspecified atom stereocenters. The Hall–Kier alpha value is -2.50. The number of rotatable bonds is 6. The van der Waals surface area contributed by atoms with E-state index in [1.54, 1.807) is 7.05 Å². The summed E-state index contributed by atoms with van der Waals surface area (Å²) in [4.78, 5) is 6.44. The number of nitrogens with zero attached hydrogens (tertiary/aromatic N) is 4. The number of guanidine groups is 1. The molecule has 0 amide bonds. The van der Waals surface area contributed by atoms with Crippen molar-refractivity contribution in [1.29, 1.82) is 0 Å². The van der Waals surface area contributed by atoms with Gasteiger partial charge in [0.2, 0.25) is 0 Å². The Kier molecular flexibility index (Phi) is 6.23. The van der Waals surface area contributed by atoms with Gasteiger partial charge in [-0.15, -0.1) is 0 Å². The van der Waals surface area contributed by atoms with Crippen LogP contribution in [0, 0.1) is 6.92 Å². The molecule has 0 spiro atoms. The lowest BCUT2D eigenvalue weighted by atomic mass is 10.1. The van der Waals surface area contributed by atoms with Gasteiger partial charge in [0.15, 0.2) is 5.96 Å². The van der Waals surface area contributed by atoms with Gasteiger partial charge in [-0.25, -0.2) is 0 Å². The molecule has 0 radical (unpaired) electrons. The van der Waals surface area contributed by atoms with Crippen LogP contribution < -0.4 is 10.1 Å². The molecule has 0 aliphatic heterocycles. The number of hydrogen-bond acceptors (Lipinski definition) is 3. The molecule has 0 atom stereocenters. The highest BCUT2D eigenvalue weighted by Gasteiger charge is 2.08. The van der Waals surface area contributed by atoms with Crippen LogP contribution in [0.25, 0.3) is 0 Å². The van der Waals surface area contributed by atoms with E-state index >= 15 is 0 Å². The number of hydrogen-bond donors (Lipinski definition) is 1. The molecule has 0 aliphatic rings. The van der Waals surface area contributed by atoms with Crippen molar-refractivity contribution in [2.24, 2.45) is 12.0 Å². The van der Waals surface area contributed by atoms with Crippen molar-refractivity contribution in [2.45, 2.75) is 26.9 Å². The topological polar surface area (TPSA) is 54.7 Å². The number of ether oxygens (including phenoxy) is 1. The summed E-state index contributed by atoms with van der Waals surface area (Å²) in [6.07, 6.45) is 3.89. The van der Waals surface area contributed by atoms with Crippen LogP contribution in [0.3, 0.4) is 0 Å². The summed E-state index contributed by atoms with van der Waals surface area (Å²) in [6, 6.07) is 6.25. The van der Waals surface area contributed by atoms with Crippen molar-refractivity contribution in [3.63, 3.8) is 0 Å². The molecule has 6 nitrogen and oxygen atoms in total. The monoisotopic (exact) mass is 329 g/mol. The number of benzene rings is 1. The SMILES string of the molecule is CCOc1ccc(CNC(=NC)N(C)Cc2cnn(C)c2)cc1C. The van der Waals surface area contributed by atoms with E-state index in [0.29, 0.717) is 6.61 Å². The minimum Gasteiger partial charge on any atom is -0.494 e. The zero-order valence-corrected chi connectivity index (χ0v) is 15.2. The molecule has 1 aromatic carbocycles. The molecule has 0 aliphatic carbocycles. The molecular formula is C18H27N5O. The van der Waals surface area contributed by atoms with Gasteiger partial charge in [0.05, 0.1) is 12.8 Å². The third-order valence-corrected chi connectivity index (χ3v) is 3.74. The minimum absolute atomic E-state index is 0.685. The van der Waals surface area contributed by atoms with E-state index < -0.39 is 0 Å². The molecule has 130 valence electrons. The number of aryl methyl sites for hydroxylation is 2. The Morgan fingerprint density at radius 3 is 2.75 bits per heavy atom. The molecule has 24 heavy (non-hydrogen) atoms. The largest absolute Gasteiger partial charge is 0.494 e. The van der Waals surface area contributed by atoms with E-state index in [9.17, 15) is 0 Å². The molecular weight excluding hydrogens is 302 g/mol. The highest BCUT2D eigenvalue weighted by Crippen LogP contribution is 2.19. The molecule has 0 saturated carbocycles. The summed E-state index contributed by atoms with van der Waals surface area (Å²) >= 11 is 0. The van der Waals surface area contributed by atoms with Gasteiger partial charge in [0.25, 0.3) is 0 Å². The van der Waals surface area contributed by atoms with E-state index in [1.807, 2.05) is 44.2 Å². The van der Waals surface area contributed by atoms with Gasteiger partial charge < -0.3 is 15.0 Å². The van der Waals surface area contributed by atoms with Crippen LogP contribution in [-0.4, -0.2) is 41.3 Å². The quantitative estimate of drug-likeness (QED) is 0.653. The summed E-state index contributed by atoms with van der Waals surface area (Å²) in [5.74, 6) is 1.80. The predicted molar refractivity (Wildman–Crippen MR) is 97.2 cm³/mol. The third kappa shape index (κ3) is 4.75. The first-order valence-corrected chi connectivity index (χ1v) is 8.15. The summed E-state index contributed by atoms with van der Waals surface area (Å²) in [5.41, 5.74) is 3.50. The van der Waals surface area contributed by atoms with E-state index in [4.69, 9.17) is 4.74 Å². The smallest absolute Gasteiger partial charge is 0.193 e. The number of aromatic nitrogens is 2. The van der Waals surface area contributed by atoms with Crippen LogP contribution in [0.1, 0.15) is 23.6 Å². The maximum Gasteiger partial charge on any atom is 0.193 e. The Bertz CT molecular complexity index is 692. The molecule has 0 fully saturated rings. The Morgan fingerprint density at radius 1 is 1.38 bits per heavy atom. The molecule has 0 bridgehead atoms. The van der Waals surface area contributed by atoms with Gasteiger partial charge in [-0.3, -0.25) is 9.67 Å². The molecule has 1 heterocycles. The van der Waals surface area contributed by atoms with Crippen molar-refractivity contribution < 1.29 is 4.74 Å². The van der Waals surface area contributed by atoms with Gasteiger partial charge in [-0.1, -0.05) is 12.1 Å². The van der Waals surface area contributed by atoms with Crippen molar-refractivity contribution in [1.82, 2.24) is 20.0 Å². The first-order valence-electron chi connectivity index (χ1n) is 8.15. The van der Waals surface area contributed by atoms with Crippen molar-refractivity contribution in [3.8, 4) is 5.75 Å². The van der Waals surface area contributed by atoms with Gasteiger partial charge in [0, 0.05) is 46.0 Å². The predicted octanol–water partition coefficient (Wildman–Crippen LogP) is 2.33. The summed E-state index contributed by atoms with van der Waals surface area (Å²) in [5, 5.41) is 7.60. The van der Waals surface area contributed by atoms with Crippen LogP contribution in [0.15, 0.2) is 35.6 Å². The molecule has 2 rings (SSSR count). The maximum atomic E-state index is 5.58. The average Bonchev–Trinajstić information content (AvgIpc) is 2.95. The van der Waals surface area contributed by atoms with Gasteiger partial charge in [-0.05, 0) is 31.0 Å². The second kappa shape index (κ2) is 8.38. The molecule has 6 heteroatoms. The molecule has 2 aromatic rings. The first-order chi connectivity index (χ1) is 11.5. The van der Waals surface area contributed by atoms with Gasteiger partial charge in [-0.2, -0.15) is 5.10 Å². The summed E-state index contributed by atoms with van der Waals surface area (Å²) < 4.78 is 7.39. The minimum atomic E-state index is 0.685. The van der Waals surface area contributed by atoms with Crippen LogP contribution in [0.4, 0.5) is 0 Å². The van der Waals surface area contributed by atoms with E-state index in [2.05, 4.69) is 39.4 Å². The first kappa shape index (κ1) is 17.8. The lowest BCUT2D eigenvalue weighted by Crippen LogP contribution is -2.38. The van der Waals surface area contributed by atoms with Crippen LogP contribution in [-0.2, 0) is 20.1 Å². The van der Waals surface area contributed by atoms with Crippen molar-refractivity contribution >= 4 is 5.96 Å². The maximum absolute atomic E-state index is 5.58. The van der Waals surface area contributed by atoms with Crippen LogP contribution in [0.2, 0.25) is 0 Å². The van der Waals surface area contributed by atoms with E-state index in [0.717, 1.165) is 35.9 Å². The second-order valence-electron chi connectivity index (χ2n) is 5.81. The lowest BCUT2D eigenvalue weighted by Gasteiger charge is -2.21. The number of nitrogens with one attached hydrogen (secondary N) is 1. The summed E-state index contributed by atoms with van der Waals surface area (Å²) in [6.45, 7) is 6.23. The second-order valence-corrected chi connectivity index (χ2v) is 5.81. The van der Waals surface area contributed by atoms with Crippen molar-refractivity contribution in [3.05, 3.63) is 47.3 Å². The Balaban J connectivity index is 1.94. The van der Waals surface area contributed by atoms with Gasteiger partial charge in [0.1, 0.15) is 5.75 Å². The average molecular weight is 329 g/mol. The van der Waals surface area contributed by atoms with E-state index in [-0.39, 0.29) is 0 Å². The van der Waals surface area contributed by atoms with Crippen LogP contribution in [0.5, 0.6) is 5.75 Å². The molecule has 1 aromatic heterocycles. The third-order valence-electron chi connectivity index (χ3n) is 3.74. The zero-order valence-electron chi connectivity index (χ0n) is 15.2. The van der Waals surface area contributed by atoms with Crippen molar-refractivity contribution in [2.75, 3.05) is 20.7 Å². The van der Waals surface area contributed by atoms with Crippen LogP contribution >= 0.6 is 0 Å². The fourth-order valence-corrected chi connectivity index (χ4v) is 2.61. The molecule has 0 saturated heterocycles. The fourth-order valence-electron chi connectivity index (χ4n) is 2.61. The lowest BCUT2D eigenvalue weighted by molar-refractivity contribution is 0.338. The summed E-state index contributed by atoms with van der Waals surface area (Å²) in [7, 11) is 5.74. The Morgan fingerprint density at radius 2 is 2.17 bits per heavy atom. The molecule has 1 N–H and O–H groups in total. The number of aliphatic imine (C=N–C) groups is 1. The Labute approximate surface area is 144 Å². The highest BCUT2D eigenvalue weighted by atomic mass is 16.5. The fraction of sp³-hybridized carbons (Fsp3) is 0.444. The van der Waals surface area contributed by atoms with Gasteiger partial charge >= 0.3 is 0 Å². The van der Waals surface area contributed by atoms with E-state index in [1.165, 1.54) is 5.56 Å². The normalized spacial score (nSPS) is 11.5. The zero-order chi connectivity index (χ0) is 17.5.